The molecule has 0 fully saturated rings. The number of aliphatic hydroxyl groups excluding tert-OH is 1. The van der Waals surface area contributed by atoms with E-state index in [4.69, 9.17) is 9.47 Å². The Kier molecular flexibility index (Phi) is 7.24. The minimum atomic E-state index is -0.696. The van der Waals surface area contributed by atoms with Gasteiger partial charge in [0, 0.05) is 12.5 Å². The second kappa shape index (κ2) is 9.83. The largest absolute Gasteiger partial charge is 0.510 e. The summed E-state index contributed by atoms with van der Waals surface area (Å²) in [5.41, 5.74) is 0.0646. The van der Waals surface area contributed by atoms with Crippen molar-refractivity contribution in [1.29, 1.82) is 0 Å². The lowest BCUT2D eigenvalue weighted by Crippen LogP contribution is -2.15. The molecule has 0 aliphatic carbocycles. The number of nitro benzene ring substituents is 1. The number of para-hydroxylation sites is 2. The first kappa shape index (κ1) is 21.4. The van der Waals surface area contributed by atoms with Crippen molar-refractivity contribution in [2.24, 2.45) is 10.2 Å². The molecular weight excluding hydrogens is 380 g/mol. The van der Waals surface area contributed by atoms with E-state index in [1.165, 1.54) is 32.4 Å². The van der Waals surface area contributed by atoms with Crippen molar-refractivity contribution in [1.82, 2.24) is 0 Å². The Morgan fingerprint density at radius 1 is 1.17 bits per heavy atom. The molecule has 0 bridgehead atoms. The monoisotopic (exact) mass is 400 g/mol. The fourth-order valence-corrected chi connectivity index (χ4v) is 2.30. The van der Waals surface area contributed by atoms with Crippen LogP contribution in [0.2, 0.25) is 0 Å². The van der Waals surface area contributed by atoms with Crippen molar-refractivity contribution < 1.29 is 24.3 Å². The van der Waals surface area contributed by atoms with Gasteiger partial charge in [0.05, 0.1) is 30.9 Å². The molecule has 0 unspecified atom stereocenters. The van der Waals surface area contributed by atoms with Crippen LogP contribution < -0.4 is 14.8 Å². The number of aliphatic hydroxyl groups is 1. The summed E-state index contributed by atoms with van der Waals surface area (Å²) < 4.78 is 10.3. The van der Waals surface area contributed by atoms with Gasteiger partial charge in [-0.3, -0.25) is 14.9 Å². The van der Waals surface area contributed by atoms with Crippen molar-refractivity contribution in [3.05, 3.63) is 64.0 Å². The Labute approximate surface area is 166 Å². The predicted octanol–water partition coefficient (Wildman–Crippen LogP) is 4.51. The fraction of sp³-hybridized carbons (Fsp3) is 0.211. The number of nitrogens with one attached hydrogen (secondary N) is 1. The van der Waals surface area contributed by atoms with E-state index in [0.717, 1.165) is 0 Å². The quantitative estimate of drug-likeness (QED) is 0.220. The number of nitro groups is 1. The van der Waals surface area contributed by atoms with Crippen LogP contribution in [-0.4, -0.2) is 30.2 Å². The molecule has 1 amide bonds. The summed E-state index contributed by atoms with van der Waals surface area (Å²) in [5.74, 6) is -0.436. The van der Waals surface area contributed by atoms with Crippen molar-refractivity contribution in [2.75, 3.05) is 19.5 Å². The zero-order valence-electron chi connectivity index (χ0n) is 16.1. The molecule has 0 saturated heterocycles. The van der Waals surface area contributed by atoms with Crippen LogP contribution in [0.3, 0.4) is 0 Å². The molecule has 0 saturated carbocycles. The number of carbonyl (C=O) groups is 1. The fourth-order valence-electron chi connectivity index (χ4n) is 2.30. The van der Waals surface area contributed by atoms with E-state index < -0.39 is 10.8 Å². The summed E-state index contributed by atoms with van der Waals surface area (Å²) in [5, 5.41) is 31.4. The molecule has 0 aliphatic heterocycles. The molecule has 29 heavy (non-hydrogen) atoms. The molecule has 0 spiro atoms. The van der Waals surface area contributed by atoms with Crippen LogP contribution in [0.4, 0.5) is 17.1 Å². The molecule has 10 heteroatoms. The van der Waals surface area contributed by atoms with Gasteiger partial charge in [-0.15, -0.1) is 10.2 Å². The highest BCUT2D eigenvalue weighted by Gasteiger charge is 2.17. The first-order chi connectivity index (χ1) is 13.9. The van der Waals surface area contributed by atoms with Gasteiger partial charge in [-0.1, -0.05) is 19.1 Å². The van der Waals surface area contributed by atoms with Gasteiger partial charge in [0.1, 0.15) is 17.2 Å². The molecule has 2 aromatic rings. The Morgan fingerprint density at radius 3 is 2.48 bits per heavy atom. The number of nitrogens with zero attached hydrogens (tertiary/aromatic N) is 3. The standard InChI is InChI=1S/C19H20N4O6/c1-4-15(24)18(19(25)20-13-7-5-6-8-16(13)28-2)22-21-14-10-9-12(23(26)27)11-17(14)29-3/h5-11,24H,4H2,1-3H3,(H,20,25)/b18-15-,22-21?. The first-order valence-electron chi connectivity index (χ1n) is 8.51. The Balaban J connectivity index is 2.35. The van der Waals surface area contributed by atoms with Gasteiger partial charge in [-0.05, 0) is 18.2 Å². The molecule has 0 heterocycles. The van der Waals surface area contributed by atoms with Crippen LogP contribution >= 0.6 is 0 Å². The lowest BCUT2D eigenvalue weighted by molar-refractivity contribution is -0.384. The van der Waals surface area contributed by atoms with E-state index in [0.29, 0.717) is 11.4 Å². The summed E-state index contributed by atoms with van der Waals surface area (Å²) in [6.07, 6.45) is 0.144. The van der Waals surface area contributed by atoms with Crippen LogP contribution in [0.1, 0.15) is 13.3 Å². The minimum absolute atomic E-state index is 0.100. The summed E-state index contributed by atoms with van der Waals surface area (Å²) >= 11 is 0. The molecule has 0 radical (unpaired) electrons. The van der Waals surface area contributed by atoms with E-state index in [9.17, 15) is 20.0 Å². The highest BCUT2D eigenvalue weighted by Crippen LogP contribution is 2.32. The number of non-ortho nitro benzene ring substituents is 1. The Bertz CT molecular complexity index is 971. The smallest absolute Gasteiger partial charge is 0.279 e. The summed E-state index contributed by atoms with van der Waals surface area (Å²) in [6.45, 7) is 1.65. The van der Waals surface area contributed by atoms with Gasteiger partial charge >= 0.3 is 0 Å². The van der Waals surface area contributed by atoms with E-state index in [1.54, 1.807) is 31.2 Å². The van der Waals surface area contributed by atoms with Crippen molar-refractivity contribution in [3.8, 4) is 11.5 Å². The third-order valence-corrected chi connectivity index (χ3v) is 3.81. The van der Waals surface area contributed by atoms with Crippen LogP contribution in [0, 0.1) is 10.1 Å². The number of carbonyl (C=O) groups excluding carboxylic acids is 1. The lowest BCUT2D eigenvalue weighted by atomic mass is 10.2. The molecule has 10 nitrogen and oxygen atoms in total. The van der Waals surface area contributed by atoms with Gasteiger partial charge in [-0.25, -0.2) is 0 Å². The third kappa shape index (κ3) is 5.28. The van der Waals surface area contributed by atoms with Crippen LogP contribution in [0.15, 0.2) is 64.1 Å². The second-order valence-electron chi connectivity index (χ2n) is 5.62. The number of azo groups is 1. The molecule has 2 rings (SSSR count). The van der Waals surface area contributed by atoms with Crippen LogP contribution in [-0.2, 0) is 4.79 Å². The van der Waals surface area contributed by atoms with Gasteiger partial charge in [-0.2, -0.15) is 0 Å². The number of anilines is 1. The molecule has 0 aromatic heterocycles. The number of methoxy groups -OCH3 is 2. The van der Waals surface area contributed by atoms with Gasteiger partial charge in [0.15, 0.2) is 11.4 Å². The lowest BCUT2D eigenvalue weighted by Gasteiger charge is -2.10. The molecule has 152 valence electrons. The SMILES string of the molecule is CC/C(O)=C(/N=Nc1ccc([N+](=O)[O-])cc1OC)C(=O)Nc1ccccc1OC. The number of hydrogen-bond acceptors (Lipinski definition) is 8. The molecule has 2 N–H and O–H groups in total. The number of ether oxygens (including phenoxy) is 2. The molecule has 0 atom stereocenters. The van der Waals surface area contributed by atoms with E-state index in [2.05, 4.69) is 15.5 Å². The topological polar surface area (TPSA) is 136 Å². The zero-order valence-corrected chi connectivity index (χ0v) is 16.1. The summed E-state index contributed by atoms with van der Waals surface area (Å²) in [7, 11) is 2.79. The first-order valence-corrected chi connectivity index (χ1v) is 8.51. The molecule has 2 aromatic carbocycles. The number of allylic oxidation sites excluding steroid dienone is 1. The van der Waals surface area contributed by atoms with Gasteiger partial charge in [0.25, 0.3) is 11.6 Å². The van der Waals surface area contributed by atoms with Gasteiger partial charge < -0.3 is 19.9 Å². The van der Waals surface area contributed by atoms with Crippen molar-refractivity contribution in [2.45, 2.75) is 13.3 Å². The Hall–Kier alpha value is -3.95. The van der Waals surface area contributed by atoms with Crippen LogP contribution in [0.5, 0.6) is 11.5 Å². The molecular formula is C19H20N4O6. The molecule has 0 aliphatic rings. The van der Waals surface area contributed by atoms with E-state index >= 15 is 0 Å². The maximum atomic E-state index is 12.6. The van der Waals surface area contributed by atoms with E-state index in [1.807, 2.05) is 0 Å². The highest BCUT2D eigenvalue weighted by molar-refractivity contribution is 6.04. The van der Waals surface area contributed by atoms with Crippen molar-refractivity contribution >= 4 is 23.0 Å². The van der Waals surface area contributed by atoms with Crippen LogP contribution in [0.25, 0.3) is 0 Å². The number of hydrogen-bond donors (Lipinski definition) is 2. The number of rotatable bonds is 8. The third-order valence-electron chi connectivity index (χ3n) is 3.81. The Morgan fingerprint density at radius 2 is 1.86 bits per heavy atom. The predicted molar refractivity (Wildman–Crippen MR) is 106 cm³/mol. The maximum Gasteiger partial charge on any atom is 0.279 e. The number of benzene rings is 2. The van der Waals surface area contributed by atoms with Crippen molar-refractivity contribution in [3.63, 3.8) is 0 Å². The summed E-state index contributed by atoms with van der Waals surface area (Å²) in [6, 6.07) is 10.5. The summed E-state index contributed by atoms with van der Waals surface area (Å²) in [4.78, 5) is 23.0. The highest BCUT2D eigenvalue weighted by atomic mass is 16.6. The normalized spacial score (nSPS) is 11.7. The van der Waals surface area contributed by atoms with Gasteiger partial charge in [0.2, 0.25) is 0 Å². The number of amides is 1. The maximum absolute atomic E-state index is 12.6. The average Bonchev–Trinajstić information content (AvgIpc) is 2.73. The minimum Gasteiger partial charge on any atom is -0.510 e. The average molecular weight is 400 g/mol. The second-order valence-corrected chi connectivity index (χ2v) is 5.62. The van der Waals surface area contributed by atoms with E-state index in [-0.39, 0.29) is 35.0 Å². The zero-order chi connectivity index (χ0) is 21.4.